The molecule has 0 fully saturated rings. The first-order chi connectivity index (χ1) is 7.31. The van der Waals surface area contributed by atoms with Crippen LogP contribution < -0.4 is 14.8 Å². The number of para-hydroxylation sites is 1. The highest BCUT2D eigenvalue weighted by Crippen LogP contribution is 2.37. The molecule has 80 valence electrons. The summed E-state index contributed by atoms with van der Waals surface area (Å²) in [6.45, 7) is 1.01. The van der Waals surface area contributed by atoms with E-state index in [-0.39, 0.29) is 11.8 Å². The van der Waals surface area contributed by atoms with Gasteiger partial charge in [0.1, 0.15) is 19.1 Å². The smallest absolute Gasteiger partial charge is 0.239 e. The van der Waals surface area contributed by atoms with Gasteiger partial charge in [-0.15, -0.1) is 11.6 Å². The van der Waals surface area contributed by atoms with Crippen LogP contribution in [-0.4, -0.2) is 25.0 Å². The fourth-order valence-electron chi connectivity index (χ4n) is 1.36. The molecule has 5 heteroatoms. The Bertz CT molecular complexity index is 381. The Morgan fingerprint density at radius 1 is 1.40 bits per heavy atom. The summed E-state index contributed by atoms with van der Waals surface area (Å²) in [7, 11) is 0. The SMILES string of the molecule is O=C(CCl)Nc1cccc2c1OCCO2. The van der Waals surface area contributed by atoms with Crippen molar-refractivity contribution in [2.24, 2.45) is 0 Å². The highest BCUT2D eigenvalue weighted by molar-refractivity contribution is 6.29. The molecule has 1 aliphatic heterocycles. The van der Waals surface area contributed by atoms with Crippen molar-refractivity contribution in [3.05, 3.63) is 18.2 Å². The van der Waals surface area contributed by atoms with Crippen LogP contribution in [-0.2, 0) is 4.79 Å². The molecule has 0 aliphatic carbocycles. The summed E-state index contributed by atoms with van der Waals surface area (Å²) in [4.78, 5) is 11.1. The second kappa shape index (κ2) is 4.40. The van der Waals surface area contributed by atoms with Crippen molar-refractivity contribution in [3.63, 3.8) is 0 Å². The summed E-state index contributed by atoms with van der Waals surface area (Å²) in [5.41, 5.74) is 0.595. The first kappa shape index (κ1) is 10.1. The van der Waals surface area contributed by atoms with Gasteiger partial charge in [-0.25, -0.2) is 0 Å². The van der Waals surface area contributed by atoms with Gasteiger partial charge >= 0.3 is 0 Å². The summed E-state index contributed by atoms with van der Waals surface area (Å²) < 4.78 is 10.8. The minimum absolute atomic E-state index is 0.0788. The second-order valence-electron chi connectivity index (χ2n) is 3.01. The maximum atomic E-state index is 11.1. The van der Waals surface area contributed by atoms with Crippen molar-refractivity contribution in [2.45, 2.75) is 0 Å². The van der Waals surface area contributed by atoms with Crippen molar-refractivity contribution in [1.82, 2.24) is 0 Å². The standard InChI is InChI=1S/C10H10ClNO3/c11-6-9(13)12-7-2-1-3-8-10(7)15-5-4-14-8/h1-3H,4-6H2,(H,12,13). The zero-order valence-corrected chi connectivity index (χ0v) is 8.71. The molecule has 1 heterocycles. The zero-order valence-electron chi connectivity index (χ0n) is 7.96. The Morgan fingerprint density at radius 3 is 3.00 bits per heavy atom. The molecule has 0 saturated heterocycles. The van der Waals surface area contributed by atoms with E-state index in [9.17, 15) is 4.79 Å². The molecule has 1 aromatic carbocycles. The molecule has 0 aromatic heterocycles. The number of carbonyl (C=O) groups is 1. The fraction of sp³-hybridized carbons (Fsp3) is 0.300. The van der Waals surface area contributed by atoms with Crippen molar-refractivity contribution in [1.29, 1.82) is 0 Å². The van der Waals surface area contributed by atoms with Gasteiger partial charge in [-0.3, -0.25) is 4.79 Å². The van der Waals surface area contributed by atoms with E-state index < -0.39 is 0 Å². The number of carbonyl (C=O) groups excluding carboxylic acids is 1. The molecule has 0 saturated carbocycles. The Morgan fingerprint density at radius 2 is 2.20 bits per heavy atom. The lowest BCUT2D eigenvalue weighted by molar-refractivity contribution is -0.113. The third-order valence-electron chi connectivity index (χ3n) is 1.96. The first-order valence-electron chi connectivity index (χ1n) is 4.55. The number of nitrogens with one attached hydrogen (secondary N) is 1. The van der Waals surface area contributed by atoms with Gasteiger partial charge in [0.05, 0.1) is 5.69 Å². The first-order valence-corrected chi connectivity index (χ1v) is 5.09. The quantitative estimate of drug-likeness (QED) is 0.782. The van der Waals surface area contributed by atoms with E-state index in [2.05, 4.69) is 5.32 Å². The number of amides is 1. The summed E-state index contributed by atoms with van der Waals surface area (Å²) in [5.74, 6) is 0.875. The Hall–Kier alpha value is -1.42. The van der Waals surface area contributed by atoms with E-state index in [0.717, 1.165) is 0 Å². The molecule has 0 atom stereocenters. The van der Waals surface area contributed by atoms with Gasteiger partial charge in [0.2, 0.25) is 5.91 Å². The molecule has 4 nitrogen and oxygen atoms in total. The largest absolute Gasteiger partial charge is 0.486 e. The number of ether oxygens (including phenoxy) is 2. The number of benzene rings is 1. The molecular formula is C10H10ClNO3. The number of alkyl halides is 1. The van der Waals surface area contributed by atoms with Gasteiger partial charge in [0.15, 0.2) is 11.5 Å². The van der Waals surface area contributed by atoms with Crippen LogP contribution in [0.4, 0.5) is 5.69 Å². The van der Waals surface area contributed by atoms with E-state index in [0.29, 0.717) is 30.4 Å². The summed E-state index contributed by atoms with van der Waals surface area (Å²) in [6.07, 6.45) is 0. The number of hydrogen-bond donors (Lipinski definition) is 1. The van der Waals surface area contributed by atoms with Crippen LogP contribution >= 0.6 is 11.6 Å². The van der Waals surface area contributed by atoms with Crippen LogP contribution in [0, 0.1) is 0 Å². The number of anilines is 1. The molecule has 0 unspecified atom stereocenters. The molecular weight excluding hydrogens is 218 g/mol. The normalized spacial score (nSPS) is 13.4. The van der Waals surface area contributed by atoms with E-state index in [1.807, 2.05) is 0 Å². The topological polar surface area (TPSA) is 47.6 Å². The van der Waals surface area contributed by atoms with Gasteiger partial charge in [-0.1, -0.05) is 6.07 Å². The highest BCUT2D eigenvalue weighted by Gasteiger charge is 2.16. The summed E-state index contributed by atoms with van der Waals surface area (Å²) >= 11 is 5.40. The number of rotatable bonds is 2. The van der Waals surface area contributed by atoms with Crippen molar-refractivity contribution in [2.75, 3.05) is 24.4 Å². The van der Waals surface area contributed by atoms with Gasteiger partial charge in [-0.05, 0) is 12.1 Å². The van der Waals surface area contributed by atoms with Crippen LogP contribution in [0.25, 0.3) is 0 Å². The van der Waals surface area contributed by atoms with Crippen molar-refractivity contribution in [3.8, 4) is 11.5 Å². The van der Waals surface area contributed by atoms with Gasteiger partial charge in [0.25, 0.3) is 0 Å². The third-order valence-corrected chi connectivity index (χ3v) is 2.20. The van der Waals surface area contributed by atoms with Crippen LogP contribution in [0.15, 0.2) is 18.2 Å². The van der Waals surface area contributed by atoms with E-state index in [1.165, 1.54) is 0 Å². The van der Waals surface area contributed by atoms with Gasteiger partial charge in [0, 0.05) is 0 Å². The lowest BCUT2D eigenvalue weighted by Crippen LogP contribution is -2.19. The van der Waals surface area contributed by atoms with Crippen molar-refractivity contribution < 1.29 is 14.3 Å². The molecule has 0 bridgehead atoms. The van der Waals surface area contributed by atoms with E-state index in [4.69, 9.17) is 21.1 Å². The number of fused-ring (bicyclic) bond motifs is 1. The lowest BCUT2D eigenvalue weighted by Gasteiger charge is -2.20. The molecule has 0 spiro atoms. The van der Waals surface area contributed by atoms with Crippen LogP contribution in [0.2, 0.25) is 0 Å². The lowest BCUT2D eigenvalue weighted by atomic mass is 10.2. The average molecular weight is 228 g/mol. The minimum atomic E-state index is -0.265. The second-order valence-corrected chi connectivity index (χ2v) is 3.28. The van der Waals surface area contributed by atoms with Crippen LogP contribution in [0.1, 0.15) is 0 Å². The maximum Gasteiger partial charge on any atom is 0.239 e. The van der Waals surface area contributed by atoms with Gasteiger partial charge < -0.3 is 14.8 Å². The average Bonchev–Trinajstić information content (AvgIpc) is 2.29. The van der Waals surface area contributed by atoms with E-state index >= 15 is 0 Å². The molecule has 1 aromatic rings. The molecule has 1 aliphatic rings. The predicted octanol–water partition coefficient (Wildman–Crippen LogP) is 1.64. The molecule has 2 rings (SSSR count). The Balaban J connectivity index is 2.27. The van der Waals surface area contributed by atoms with Crippen LogP contribution in [0.5, 0.6) is 11.5 Å². The summed E-state index contributed by atoms with van der Waals surface area (Å²) in [5, 5.41) is 2.64. The molecule has 1 N–H and O–H groups in total. The monoisotopic (exact) mass is 227 g/mol. The minimum Gasteiger partial charge on any atom is -0.486 e. The molecule has 15 heavy (non-hydrogen) atoms. The summed E-state index contributed by atoms with van der Waals surface area (Å²) in [6, 6.07) is 5.33. The zero-order chi connectivity index (χ0) is 10.7. The van der Waals surface area contributed by atoms with Crippen molar-refractivity contribution >= 4 is 23.2 Å². The number of hydrogen-bond acceptors (Lipinski definition) is 3. The fourth-order valence-corrected chi connectivity index (χ4v) is 1.42. The maximum absolute atomic E-state index is 11.1. The Labute approximate surface area is 92.1 Å². The third kappa shape index (κ3) is 2.15. The number of halogens is 1. The molecule has 1 amide bonds. The Kier molecular flexibility index (Phi) is 2.97. The van der Waals surface area contributed by atoms with Crippen LogP contribution in [0.3, 0.4) is 0 Å². The van der Waals surface area contributed by atoms with E-state index in [1.54, 1.807) is 18.2 Å². The molecule has 0 radical (unpaired) electrons. The van der Waals surface area contributed by atoms with Gasteiger partial charge in [-0.2, -0.15) is 0 Å². The highest BCUT2D eigenvalue weighted by atomic mass is 35.5. The predicted molar refractivity (Wildman–Crippen MR) is 56.8 cm³/mol.